The Labute approximate surface area is 168 Å². The second-order valence-electron chi connectivity index (χ2n) is 6.57. The third-order valence-electron chi connectivity index (χ3n) is 4.32. The smallest absolute Gasteiger partial charge is 0.267 e. The molecule has 0 saturated heterocycles. The number of para-hydroxylation sites is 1. The van der Waals surface area contributed by atoms with Gasteiger partial charge in [-0.05, 0) is 31.2 Å². The predicted molar refractivity (Wildman–Crippen MR) is 109 cm³/mol. The summed E-state index contributed by atoms with van der Waals surface area (Å²) >= 11 is 0. The summed E-state index contributed by atoms with van der Waals surface area (Å²) in [6, 6.07) is 13.6. The molecule has 4 N–H and O–H groups in total. The Kier molecular flexibility index (Phi) is 6.18. The second kappa shape index (κ2) is 8.96. The van der Waals surface area contributed by atoms with E-state index in [4.69, 9.17) is 5.73 Å². The lowest BCUT2D eigenvalue weighted by Crippen LogP contribution is -2.40. The summed E-state index contributed by atoms with van der Waals surface area (Å²) in [6.07, 6.45) is 0.186. The van der Waals surface area contributed by atoms with Crippen LogP contribution in [-0.2, 0) is 14.4 Å². The summed E-state index contributed by atoms with van der Waals surface area (Å²) in [7, 11) is 0. The van der Waals surface area contributed by atoms with E-state index in [9.17, 15) is 14.4 Å². The minimum atomic E-state index is -0.728. The minimum absolute atomic E-state index is 0.0797. The van der Waals surface area contributed by atoms with Gasteiger partial charge in [0, 0.05) is 25.1 Å². The van der Waals surface area contributed by atoms with Crippen LogP contribution in [0.5, 0.6) is 0 Å². The fourth-order valence-electron chi connectivity index (χ4n) is 2.90. The van der Waals surface area contributed by atoms with Gasteiger partial charge in [0.05, 0.1) is 5.69 Å². The van der Waals surface area contributed by atoms with Crippen LogP contribution in [0.15, 0.2) is 53.6 Å². The number of carbonyl (C=O) groups is 3. The predicted octanol–water partition coefficient (Wildman–Crippen LogP) is 0.955. The number of hydrogen-bond acceptors (Lipinski definition) is 6. The first kappa shape index (κ1) is 20.0. The van der Waals surface area contributed by atoms with E-state index in [2.05, 4.69) is 20.7 Å². The average Bonchev–Trinajstić information content (AvgIpc) is 3.14. The first-order valence-corrected chi connectivity index (χ1v) is 9.17. The van der Waals surface area contributed by atoms with Crippen LogP contribution >= 0.6 is 0 Å². The lowest BCUT2D eigenvalue weighted by atomic mass is 10.1. The normalized spacial score (nSPS) is 15.6. The van der Waals surface area contributed by atoms with Gasteiger partial charge in [0.25, 0.3) is 5.91 Å². The Morgan fingerprint density at radius 3 is 2.59 bits per heavy atom. The van der Waals surface area contributed by atoms with E-state index in [0.29, 0.717) is 11.5 Å². The Balaban J connectivity index is 1.55. The number of nitrogens with two attached hydrogens (primary N) is 1. The quantitative estimate of drug-likeness (QED) is 0.644. The number of nitrogens with zero attached hydrogens (tertiary/aromatic N) is 3. The number of hydrogen-bond donors (Lipinski definition) is 3. The highest BCUT2D eigenvalue weighted by molar-refractivity contribution is 6.40. The van der Waals surface area contributed by atoms with Gasteiger partial charge in [-0.25, -0.2) is 4.98 Å². The Morgan fingerprint density at radius 1 is 1.14 bits per heavy atom. The Bertz CT molecular complexity index is 944. The number of hydrazone groups is 1. The third kappa shape index (κ3) is 5.16. The largest absolute Gasteiger partial charge is 0.368 e. The maximum absolute atomic E-state index is 12.4. The van der Waals surface area contributed by atoms with Crippen LogP contribution in [0.3, 0.4) is 0 Å². The van der Waals surface area contributed by atoms with E-state index in [1.165, 1.54) is 5.01 Å². The van der Waals surface area contributed by atoms with Crippen molar-refractivity contribution in [2.24, 2.45) is 10.8 Å². The molecule has 0 fully saturated rings. The average molecular weight is 394 g/mol. The first-order chi connectivity index (χ1) is 13.9. The van der Waals surface area contributed by atoms with Crippen LogP contribution < -0.4 is 21.4 Å². The molecule has 0 saturated carbocycles. The summed E-state index contributed by atoms with van der Waals surface area (Å²) in [5.41, 5.74) is 7.12. The number of carbonyl (C=O) groups excluding carboxylic acids is 3. The van der Waals surface area contributed by atoms with E-state index in [-0.39, 0.29) is 31.0 Å². The van der Waals surface area contributed by atoms with Crippen molar-refractivity contribution in [1.82, 2.24) is 10.3 Å². The number of nitrogens with one attached hydrogen (secondary N) is 2. The molecule has 3 rings (SSSR count). The summed E-state index contributed by atoms with van der Waals surface area (Å²) in [5.74, 6) is -0.802. The lowest BCUT2D eigenvalue weighted by Gasteiger charge is -2.20. The standard InChI is InChI=1S/C20H22N6O3/c1-13-6-5-9-17(23-13)24-18(27)10-11-22-20(29)15-12-16(19(21)28)26(25-15)14-7-3-2-4-8-14/h2-9,16H,10-12H2,1H3,(H2,21,28)(H,22,29)(H,23,24,27)/t16-/m0/s1. The van der Waals surface area contributed by atoms with Crippen LogP contribution in [0.4, 0.5) is 11.5 Å². The van der Waals surface area contributed by atoms with Gasteiger partial charge in [0.1, 0.15) is 17.6 Å². The molecule has 29 heavy (non-hydrogen) atoms. The molecule has 1 atom stereocenters. The first-order valence-electron chi connectivity index (χ1n) is 9.17. The molecule has 150 valence electrons. The molecule has 9 nitrogen and oxygen atoms in total. The summed E-state index contributed by atoms with van der Waals surface area (Å²) < 4.78 is 0. The molecule has 1 aliphatic rings. The minimum Gasteiger partial charge on any atom is -0.368 e. The number of amides is 3. The molecule has 0 aliphatic carbocycles. The van der Waals surface area contributed by atoms with E-state index in [1.54, 1.807) is 24.3 Å². The summed E-state index contributed by atoms with van der Waals surface area (Å²) in [4.78, 5) is 40.4. The number of aryl methyl sites for hydroxylation is 1. The fraction of sp³-hybridized carbons (Fsp3) is 0.250. The Hall–Kier alpha value is -3.75. The van der Waals surface area contributed by atoms with E-state index < -0.39 is 17.9 Å². The third-order valence-corrected chi connectivity index (χ3v) is 4.32. The molecule has 3 amide bonds. The van der Waals surface area contributed by atoms with Gasteiger partial charge in [0.15, 0.2) is 0 Å². The van der Waals surface area contributed by atoms with Crippen molar-refractivity contribution >= 4 is 34.9 Å². The highest BCUT2D eigenvalue weighted by Crippen LogP contribution is 2.24. The molecule has 1 aromatic carbocycles. The van der Waals surface area contributed by atoms with Crippen LogP contribution in [0.25, 0.3) is 0 Å². The van der Waals surface area contributed by atoms with Gasteiger partial charge in [-0.1, -0.05) is 24.3 Å². The van der Waals surface area contributed by atoms with Crippen molar-refractivity contribution in [1.29, 1.82) is 0 Å². The van der Waals surface area contributed by atoms with E-state index >= 15 is 0 Å². The van der Waals surface area contributed by atoms with Crippen LogP contribution in [0.1, 0.15) is 18.5 Å². The second-order valence-corrected chi connectivity index (χ2v) is 6.57. The monoisotopic (exact) mass is 394 g/mol. The molecule has 2 aromatic rings. The van der Waals surface area contributed by atoms with Crippen molar-refractivity contribution in [2.45, 2.75) is 25.8 Å². The van der Waals surface area contributed by atoms with Gasteiger partial charge in [0.2, 0.25) is 11.8 Å². The van der Waals surface area contributed by atoms with Crippen LogP contribution in [0.2, 0.25) is 0 Å². The molecule has 1 aromatic heterocycles. The number of benzene rings is 1. The number of pyridine rings is 1. The molecular formula is C20H22N6O3. The van der Waals surface area contributed by atoms with Crippen molar-refractivity contribution in [3.05, 3.63) is 54.2 Å². The topological polar surface area (TPSA) is 130 Å². The molecule has 0 spiro atoms. The van der Waals surface area contributed by atoms with Gasteiger partial charge in [-0.3, -0.25) is 19.4 Å². The highest BCUT2D eigenvalue weighted by Gasteiger charge is 2.34. The molecule has 0 unspecified atom stereocenters. The van der Waals surface area contributed by atoms with Crippen molar-refractivity contribution in [3.8, 4) is 0 Å². The molecule has 0 bridgehead atoms. The number of aromatic nitrogens is 1. The lowest BCUT2D eigenvalue weighted by molar-refractivity contribution is -0.119. The van der Waals surface area contributed by atoms with E-state index in [1.807, 2.05) is 31.2 Å². The number of anilines is 2. The fourth-order valence-corrected chi connectivity index (χ4v) is 2.90. The SMILES string of the molecule is Cc1cccc(NC(=O)CCNC(=O)C2=NN(c3ccccc3)[C@H](C(N)=O)C2)n1. The van der Waals surface area contributed by atoms with Crippen LogP contribution in [0, 0.1) is 6.92 Å². The number of primary amides is 1. The van der Waals surface area contributed by atoms with Gasteiger partial charge in [-0.2, -0.15) is 5.10 Å². The maximum Gasteiger partial charge on any atom is 0.267 e. The van der Waals surface area contributed by atoms with Crippen molar-refractivity contribution in [2.75, 3.05) is 16.9 Å². The molecule has 2 heterocycles. The van der Waals surface area contributed by atoms with Crippen LogP contribution in [-0.4, -0.2) is 41.0 Å². The van der Waals surface area contributed by atoms with Gasteiger partial charge >= 0.3 is 0 Å². The number of rotatable bonds is 7. The summed E-state index contributed by atoms with van der Waals surface area (Å²) in [6.45, 7) is 1.96. The van der Waals surface area contributed by atoms with Gasteiger partial charge < -0.3 is 16.4 Å². The van der Waals surface area contributed by atoms with Gasteiger partial charge in [-0.15, -0.1) is 0 Å². The van der Waals surface area contributed by atoms with Crippen molar-refractivity contribution in [3.63, 3.8) is 0 Å². The molecule has 0 radical (unpaired) electrons. The zero-order chi connectivity index (χ0) is 20.8. The molecule has 9 heteroatoms. The maximum atomic E-state index is 12.4. The highest BCUT2D eigenvalue weighted by atomic mass is 16.2. The molecule has 1 aliphatic heterocycles. The van der Waals surface area contributed by atoms with Crippen molar-refractivity contribution < 1.29 is 14.4 Å². The molecular weight excluding hydrogens is 372 g/mol. The zero-order valence-corrected chi connectivity index (χ0v) is 16.0. The zero-order valence-electron chi connectivity index (χ0n) is 16.0. The van der Waals surface area contributed by atoms with E-state index in [0.717, 1.165) is 5.69 Å². The summed E-state index contributed by atoms with van der Waals surface area (Å²) in [5, 5.41) is 11.0. The Morgan fingerprint density at radius 2 is 1.90 bits per heavy atom.